The van der Waals surface area contributed by atoms with E-state index in [0.29, 0.717) is 24.3 Å². The fourth-order valence-corrected chi connectivity index (χ4v) is 3.22. The van der Waals surface area contributed by atoms with Crippen LogP contribution in [0.5, 0.6) is 0 Å². The highest BCUT2D eigenvalue weighted by molar-refractivity contribution is 5.99. The Kier molecular flexibility index (Phi) is 4.45. The molecule has 1 amide bonds. The molecule has 1 unspecified atom stereocenters. The summed E-state index contributed by atoms with van der Waals surface area (Å²) in [4.78, 5) is 14.7. The summed E-state index contributed by atoms with van der Waals surface area (Å²) in [6.07, 6.45) is 3.25. The molecule has 0 aliphatic carbocycles. The van der Waals surface area contributed by atoms with E-state index in [0.717, 1.165) is 24.0 Å². The van der Waals surface area contributed by atoms with Crippen molar-refractivity contribution in [2.45, 2.75) is 39.2 Å². The van der Waals surface area contributed by atoms with E-state index in [1.807, 2.05) is 45.0 Å². The van der Waals surface area contributed by atoms with Crippen LogP contribution < -0.4 is 0 Å². The number of benzene rings is 1. The van der Waals surface area contributed by atoms with Gasteiger partial charge in [-0.05, 0) is 33.6 Å². The zero-order valence-electron chi connectivity index (χ0n) is 14.5. The predicted molar refractivity (Wildman–Crippen MR) is 91.6 cm³/mol. The number of aryl methyl sites for hydroxylation is 1. The average molecular weight is 328 g/mol. The lowest BCUT2D eigenvalue weighted by atomic mass is 9.84. The first kappa shape index (κ1) is 16.7. The molecule has 1 aliphatic rings. The van der Waals surface area contributed by atoms with Crippen molar-refractivity contribution in [3.8, 4) is 11.3 Å². The van der Waals surface area contributed by atoms with Crippen molar-refractivity contribution in [2.75, 3.05) is 13.1 Å². The second kappa shape index (κ2) is 6.40. The number of amides is 1. The van der Waals surface area contributed by atoms with Crippen molar-refractivity contribution in [1.82, 2.24) is 10.1 Å². The Labute approximate surface area is 142 Å². The first-order chi connectivity index (χ1) is 11.4. The number of carbonyl (C=O) groups is 1. The fraction of sp³-hybridized carbons (Fsp3) is 0.474. The predicted octanol–water partition coefficient (Wildman–Crippen LogP) is 3.27. The minimum Gasteiger partial charge on any atom is -0.390 e. The van der Waals surface area contributed by atoms with Crippen LogP contribution in [0, 0.1) is 12.8 Å². The molecule has 5 nitrogen and oxygen atoms in total. The number of likely N-dealkylation sites (tertiary alicyclic amines) is 1. The van der Waals surface area contributed by atoms with Crippen molar-refractivity contribution < 1.29 is 14.4 Å². The summed E-state index contributed by atoms with van der Waals surface area (Å²) in [6, 6.07) is 7.87. The maximum atomic E-state index is 12.9. The fourth-order valence-electron chi connectivity index (χ4n) is 3.22. The van der Waals surface area contributed by atoms with Crippen molar-refractivity contribution >= 4 is 5.91 Å². The molecule has 128 valence electrons. The van der Waals surface area contributed by atoms with E-state index in [1.54, 1.807) is 4.90 Å². The second-order valence-corrected chi connectivity index (χ2v) is 7.19. The normalized spacial score (nSPS) is 18.7. The van der Waals surface area contributed by atoms with Crippen LogP contribution in [-0.4, -0.2) is 39.8 Å². The molecule has 1 N–H and O–H groups in total. The van der Waals surface area contributed by atoms with Crippen LogP contribution in [-0.2, 0) is 0 Å². The van der Waals surface area contributed by atoms with Crippen LogP contribution in [0.1, 0.15) is 42.6 Å². The van der Waals surface area contributed by atoms with Gasteiger partial charge in [0.05, 0.1) is 5.60 Å². The lowest BCUT2D eigenvalue weighted by molar-refractivity contribution is -0.0146. The molecule has 1 atom stereocenters. The van der Waals surface area contributed by atoms with Crippen LogP contribution >= 0.6 is 0 Å². The van der Waals surface area contributed by atoms with Gasteiger partial charge in [0, 0.05) is 24.6 Å². The highest BCUT2D eigenvalue weighted by Gasteiger charge is 2.34. The minimum atomic E-state index is -0.784. The third-order valence-electron chi connectivity index (χ3n) is 4.83. The standard InChI is InChI=1S/C19H24N2O3/c1-13-6-8-14(9-7-13)17-16(12-24-20-17)18(22)21-10-4-5-15(11-21)19(2,3)23/h6-9,12,15,23H,4-5,10-11H2,1-3H3. The van der Waals surface area contributed by atoms with Crippen LogP contribution in [0.2, 0.25) is 0 Å². The summed E-state index contributed by atoms with van der Waals surface area (Å²) in [7, 11) is 0. The van der Waals surface area contributed by atoms with Crippen LogP contribution in [0.25, 0.3) is 11.3 Å². The summed E-state index contributed by atoms with van der Waals surface area (Å²) in [5.41, 5.74) is 2.29. The Balaban J connectivity index is 1.83. The molecule has 5 heteroatoms. The van der Waals surface area contributed by atoms with Gasteiger partial charge >= 0.3 is 0 Å². The number of piperidine rings is 1. The molecule has 1 saturated heterocycles. The van der Waals surface area contributed by atoms with E-state index in [4.69, 9.17) is 4.52 Å². The molecule has 0 saturated carbocycles. The molecule has 0 bridgehead atoms. The van der Waals surface area contributed by atoms with Gasteiger partial charge in [0.15, 0.2) is 0 Å². The highest BCUT2D eigenvalue weighted by atomic mass is 16.5. The summed E-state index contributed by atoms with van der Waals surface area (Å²) in [5.74, 6) is -0.00124. The summed E-state index contributed by atoms with van der Waals surface area (Å²) in [6.45, 7) is 6.89. The number of hydrogen-bond acceptors (Lipinski definition) is 4. The first-order valence-electron chi connectivity index (χ1n) is 8.39. The van der Waals surface area contributed by atoms with Crippen molar-refractivity contribution in [3.05, 3.63) is 41.7 Å². The van der Waals surface area contributed by atoms with Gasteiger partial charge in [-0.3, -0.25) is 4.79 Å². The summed E-state index contributed by atoms with van der Waals surface area (Å²) < 4.78 is 5.09. The summed E-state index contributed by atoms with van der Waals surface area (Å²) in [5, 5.41) is 14.3. The van der Waals surface area contributed by atoms with Crippen molar-refractivity contribution in [3.63, 3.8) is 0 Å². The van der Waals surface area contributed by atoms with Gasteiger partial charge in [0.1, 0.15) is 17.5 Å². The Bertz CT molecular complexity index is 713. The average Bonchev–Trinajstić information content (AvgIpc) is 3.04. The molecule has 0 radical (unpaired) electrons. The molecule has 1 fully saturated rings. The zero-order valence-corrected chi connectivity index (χ0v) is 14.5. The van der Waals surface area contributed by atoms with E-state index in [2.05, 4.69) is 5.16 Å². The Morgan fingerprint density at radius 1 is 1.33 bits per heavy atom. The number of hydrogen-bond donors (Lipinski definition) is 1. The Morgan fingerprint density at radius 3 is 2.71 bits per heavy atom. The third-order valence-corrected chi connectivity index (χ3v) is 4.83. The van der Waals surface area contributed by atoms with Crippen LogP contribution in [0.15, 0.2) is 35.1 Å². The second-order valence-electron chi connectivity index (χ2n) is 7.19. The van der Waals surface area contributed by atoms with E-state index in [1.165, 1.54) is 6.26 Å². The summed E-state index contributed by atoms with van der Waals surface area (Å²) >= 11 is 0. The molecule has 24 heavy (non-hydrogen) atoms. The zero-order chi connectivity index (χ0) is 17.3. The highest BCUT2D eigenvalue weighted by Crippen LogP contribution is 2.29. The molecule has 1 aromatic carbocycles. The van der Waals surface area contributed by atoms with Crippen molar-refractivity contribution in [2.24, 2.45) is 5.92 Å². The number of carbonyl (C=O) groups excluding carboxylic acids is 1. The van der Waals surface area contributed by atoms with Gasteiger partial charge in [-0.15, -0.1) is 0 Å². The van der Waals surface area contributed by atoms with Gasteiger partial charge in [-0.25, -0.2) is 0 Å². The molecule has 2 heterocycles. The Morgan fingerprint density at radius 2 is 2.04 bits per heavy atom. The molecular formula is C19H24N2O3. The number of rotatable bonds is 3. The molecular weight excluding hydrogens is 304 g/mol. The monoisotopic (exact) mass is 328 g/mol. The van der Waals surface area contributed by atoms with Gasteiger partial charge < -0.3 is 14.5 Å². The van der Waals surface area contributed by atoms with Gasteiger partial charge in [0.25, 0.3) is 5.91 Å². The molecule has 3 rings (SSSR count). The van der Waals surface area contributed by atoms with Crippen LogP contribution in [0.3, 0.4) is 0 Å². The third kappa shape index (κ3) is 3.36. The maximum absolute atomic E-state index is 12.9. The quantitative estimate of drug-likeness (QED) is 0.939. The van der Waals surface area contributed by atoms with Gasteiger partial charge in [0.2, 0.25) is 0 Å². The molecule has 1 aliphatic heterocycles. The van der Waals surface area contributed by atoms with Gasteiger partial charge in [-0.2, -0.15) is 0 Å². The molecule has 0 spiro atoms. The lowest BCUT2D eigenvalue weighted by Crippen LogP contribution is -2.46. The maximum Gasteiger partial charge on any atom is 0.259 e. The molecule has 1 aromatic heterocycles. The van der Waals surface area contributed by atoms with E-state index in [-0.39, 0.29) is 11.8 Å². The van der Waals surface area contributed by atoms with Gasteiger partial charge in [-0.1, -0.05) is 35.0 Å². The largest absolute Gasteiger partial charge is 0.390 e. The van der Waals surface area contributed by atoms with E-state index >= 15 is 0 Å². The topological polar surface area (TPSA) is 66.6 Å². The Hall–Kier alpha value is -2.14. The minimum absolute atomic E-state index is 0.0814. The van der Waals surface area contributed by atoms with Crippen LogP contribution in [0.4, 0.5) is 0 Å². The molecule has 2 aromatic rings. The van der Waals surface area contributed by atoms with Crippen molar-refractivity contribution in [1.29, 1.82) is 0 Å². The van der Waals surface area contributed by atoms with E-state index < -0.39 is 5.60 Å². The lowest BCUT2D eigenvalue weighted by Gasteiger charge is -2.38. The number of aromatic nitrogens is 1. The first-order valence-corrected chi connectivity index (χ1v) is 8.39. The number of aliphatic hydroxyl groups is 1. The SMILES string of the molecule is Cc1ccc(-c2nocc2C(=O)N2CCCC(C(C)(C)O)C2)cc1. The smallest absolute Gasteiger partial charge is 0.259 e. The number of nitrogens with zero attached hydrogens (tertiary/aromatic N) is 2. The van der Waals surface area contributed by atoms with E-state index in [9.17, 15) is 9.90 Å².